The molecule has 110 valence electrons. The molecule has 1 aliphatic heterocycles. The maximum atomic E-state index is 4.40. The van der Waals surface area contributed by atoms with E-state index < -0.39 is 0 Å². The summed E-state index contributed by atoms with van der Waals surface area (Å²) >= 11 is 0. The summed E-state index contributed by atoms with van der Waals surface area (Å²) in [5.74, 6) is 1.93. The van der Waals surface area contributed by atoms with Crippen LogP contribution in [0.3, 0.4) is 0 Å². The van der Waals surface area contributed by atoms with Gasteiger partial charge < -0.3 is 10.2 Å². The molecule has 1 N–H and O–H groups in total. The fraction of sp³-hybridized carbons (Fsp3) is 0.412. The van der Waals surface area contributed by atoms with Gasteiger partial charge in [-0.05, 0) is 31.7 Å². The van der Waals surface area contributed by atoms with Crippen molar-refractivity contribution in [1.29, 1.82) is 0 Å². The minimum atomic E-state index is 0.788. The van der Waals surface area contributed by atoms with Crippen molar-refractivity contribution in [3.8, 4) is 0 Å². The molecule has 2 aromatic rings. The first kappa shape index (κ1) is 13.9. The number of nitrogens with one attached hydrogen (secondary N) is 1. The Morgan fingerprint density at radius 3 is 2.57 bits per heavy atom. The highest BCUT2D eigenvalue weighted by molar-refractivity contribution is 5.48. The van der Waals surface area contributed by atoms with Crippen LogP contribution >= 0.6 is 0 Å². The highest BCUT2D eigenvalue weighted by atomic mass is 15.2. The van der Waals surface area contributed by atoms with E-state index in [1.807, 2.05) is 0 Å². The molecule has 0 aliphatic carbocycles. The van der Waals surface area contributed by atoms with Gasteiger partial charge in [0.05, 0.1) is 0 Å². The lowest BCUT2D eigenvalue weighted by Gasteiger charge is -2.27. The molecule has 4 heteroatoms. The van der Waals surface area contributed by atoms with Gasteiger partial charge in [-0.15, -0.1) is 0 Å². The number of benzene rings is 1. The SMILES string of the molecule is Cc1ccc(CNc2cc(N3CCCCC3)ncn2)cc1. The molecule has 1 aromatic heterocycles. The van der Waals surface area contributed by atoms with Crippen molar-refractivity contribution in [3.05, 3.63) is 47.8 Å². The molecule has 3 rings (SSSR count). The summed E-state index contributed by atoms with van der Waals surface area (Å²) in [6.45, 7) is 5.10. The van der Waals surface area contributed by atoms with Crippen molar-refractivity contribution in [2.45, 2.75) is 32.7 Å². The molecule has 0 saturated carbocycles. The van der Waals surface area contributed by atoms with Crippen LogP contribution < -0.4 is 10.2 Å². The maximum absolute atomic E-state index is 4.40. The summed E-state index contributed by atoms with van der Waals surface area (Å²) in [5, 5.41) is 3.38. The van der Waals surface area contributed by atoms with E-state index in [2.05, 4.69) is 57.4 Å². The van der Waals surface area contributed by atoms with Gasteiger partial charge in [0.25, 0.3) is 0 Å². The highest BCUT2D eigenvalue weighted by Crippen LogP contribution is 2.19. The lowest BCUT2D eigenvalue weighted by molar-refractivity contribution is 0.573. The Bertz CT molecular complexity index is 574. The third-order valence-electron chi connectivity index (χ3n) is 3.93. The predicted molar refractivity (Wildman–Crippen MR) is 86.6 cm³/mol. The summed E-state index contributed by atoms with van der Waals surface area (Å²) in [7, 11) is 0. The van der Waals surface area contributed by atoms with Crippen molar-refractivity contribution >= 4 is 11.6 Å². The second-order valence-electron chi connectivity index (χ2n) is 5.65. The summed E-state index contributed by atoms with van der Waals surface area (Å²) in [5.41, 5.74) is 2.55. The van der Waals surface area contributed by atoms with Crippen LogP contribution in [-0.4, -0.2) is 23.1 Å². The minimum absolute atomic E-state index is 0.788. The van der Waals surface area contributed by atoms with E-state index in [1.54, 1.807) is 6.33 Å². The van der Waals surface area contributed by atoms with Gasteiger partial charge in [0, 0.05) is 25.7 Å². The molecule has 1 aromatic carbocycles. The molecule has 0 bridgehead atoms. The highest BCUT2D eigenvalue weighted by Gasteiger charge is 2.12. The monoisotopic (exact) mass is 282 g/mol. The third kappa shape index (κ3) is 3.72. The zero-order valence-electron chi connectivity index (χ0n) is 12.5. The van der Waals surface area contributed by atoms with Crippen LogP contribution in [0.25, 0.3) is 0 Å². The van der Waals surface area contributed by atoms with Gasteiger partial charge in [0.2, 0.25) is 0 Å². The number of anilines is 2. The zero-order chi connectivity index (χ0) is 14.5. The van der Waals surface area contributed by atoms with Crippen LogP contribution in [0.1, 0.15) is 30.4 Å². The molecule has 0 radical (unpaired) electrons. The van der Waals surface area contributed by atoms with E-state index >= 15 is 0 Å². The van der Waals surface area contributed by atoms with Gasteiger partial charge in [-0.25, -0.2) is 9.97 Å². The quantitative estimate of drug-likeness (QED) is 0.933. The van der Waals surface area contributed by atoms with E-state index in [-0.39, 0.29) is 0 Å². The topological polar surface area (TPSA) is 41.0 Å². The fourth-order valence-electron chi connectivity index (χ4n) is 2.64. The standard InChI is InChI=1S/C17H22N4/c1-14-5-7-15(8-6-14)12-18-16-11-17(20-13-19-16)21-9-3-2-4-10-21/h5-8,11,13H,2-4,9-10,12H2,1H3,(H,18,19,20). The van der Waals surface area contributed by atoms with Gasteiger partial charge in [-0.2, -0.15) is 0 Å². The Hall–Kier alpha value is -2.10. The van der Waals surface area contributed by atoms with Gasteiger partial charge in [-0.3, -0.25) is 0 Å². The number of aryl methyl sites for hydroxylation is 1. The van der Waals surface area contributed by atoms with Crippen molar-refractivity contribution in [2.75, 3.05) is 23.3 Å². The van der Waals surface area contributed by atoms with E-state index in [0.717, 1.165) is 31.3 Å². The van der Waals surface area contributed by atoms with Crippen molar-refractivity contribution in [2.24, 2.45) is 0 Å². The zero-order valence-corrected chi connectivity index (χ0v) is 12.5. The smallest absolute Gasteiger partial charge is 0.134 e. The van der Waals surface area contributed by atoms with Gasteiger partial charge in [0.15, 0.2) is 0 Å². The fourth-order valence-corrected chi connectivity index (χ4v) is 2.64. The lowest BCUT2D eigenvalue weighted by Crippen LogP contribution is -2.30. The number of nitrogens with zero attached hydrogens (tertiary/aromatic N) is 3. The summed E-state index contributed by atoms with van der Waals surface area (Å²) < 4.78 is 0. The molecule has 1 aliphatic rings. The largest absolute Gasteiger partial charge is 0.366 e. The molecule has 0 amide bonds. The van der Waals surface area contributed by atoms with Crippen LogP contribution in [0, 0.1) is 6.92 Å². The number of rotatable bonds is 4. The van der Waals surface area contributed by atoms with Gasteiger partial charge >= 0.3 is 0 Å². The molecule has 0 unspecified atom stereocenters. The Kier molecular flexibility index (Phi) is 4.34. The van der Waals surface area contributed by atoms with Crippen molar-refractivity contribution in [3.63, 3.8) is 0 Å². The first-order valence-electron chi connectivity index (χ1n) is 7.68. The predicted octanol–water partition coefficient (Wildman–Crippen LogP) is 3.39. The molecular formula is C17H22N4. The Labute approximate surface area is 126 Å². The molecule has 4 nitrogen and oxygen atoms in total. The molecule has 1 fully saturated rings. The Morgan fingerprint density at radius 2 is 1.81 bits per heavy atom. The molecule has 2 heterocycles. The van der Waals surface area contributed by atoms with E-state index in [9.17, 15) is 0 Å². The van der Waals surface area contributed by atoms with E-state index in [1.165, 1.54) is 30.4 Å². The number of hydrogen-bond donors (Lipinski definition) is 1. The molecule has 1 saturated heterocycles. The van der Waals surface area contributed by atoms with Crippen LogP contribution in [0.15, 0.2) is 36.7 Å². The summed E-state index contributed by atoms with van der Waals surface area (Å²) in [6.07, 6.45) is 5.51. The van der Waals surface area contributed by atoms with Gasteiger partial charge in [-0.1, -0.05) is 29.8 Å². The number of hydrogen-bond acceptors (Lipinski definition) is 4. The second kappa shape index (κ2) is 6.57. The first-order chi connectivity index (χ1) is 10.3. The summed E-state index contributed by atoms with van der Waals surface area (Å²) in [6, 6.07) is 10.6. The lowest BCUT2D eigenvalue weighted by atomic mass is 10.1. The van der Waals surface area contributed by atoms with Crippen LogP contribution in [0.5, 0.6) is 0 Å². The van der Waals surface area contributed by atoms with Gasteiger partial charge in [0.1, 0.15) is 18.0 Å². The maximum Gasteiger partial charge on any atom is 0.134 e. The molecule has 0 spiro atoms. The Morgan fingerprint density at radius 1 is 1.05 bits per heavy atom. The molecular weight excluding hydrogens is 260 g/mol. The number of piperidine rings is 1. The number of aromatic nitrogens is 2. The molecule has 21 heavy (non-hydrogen) atoms. The van der Waals surface area contributed by atoms with Crippen LogP contribution in [0.4, 0.5) is 11.6 Å². The average molecular weight is 282 g/mol. The second-order valence-corrected chi connectivity index (χ2v) is 5.65. The van der Waals surface area contributed by atoms with Crippen molar-refractivity contribution in [1.82, 2.24) is 9.97 Å². The van der Waals surface area contributed by atoms with Crippen LogP contribution in [0.2, 0.25) is 0 Å². The average Bonchev–Trinajstić information content (AvgIpc) is 2.55. The van der Waals surface area contributed by atoms with E-state index in [0.29, 0.717) is 0 Å². The van der Waals surface area contributed by atoms with Crippen LogP contribution in [-0.2, 0) is 6.54 Å². The minimum Gasteiger partial charge on any atom is -0.366 e. The first-order valence-corrected chi connectivity index (χ1v) is 7.68. The molecule has 0 atom stereocenters. The summed E-state index contributed by atoms with van der Waals surface area (Å²) in [4.78, 5) is 11.1. The normalized spacial score (nSPS) is 15.0. The third-order valence-corrected chi connectivity index (χ3v) is 3.93. The van der Waals surface area contributed by atoms with Crippen molar-refractivity contribution < 1.29 is 0 Å². The Balaban J connectivity index is 1.64. The van der Waals surface area contributed by atoms with E-state index in [4.69, 9.17) is 0 Å².